The number of carbonyl (C=O) groups excluding carboxylic acids is 2. The van der Waals surface area contributed by atoms with Crippen LogP contribution in [0, 0.1) is 0 Å². The number of ether oxygens (including phenoxy) is 1. The number of hydrogen-bond donors (Lipinski definition) is 1. The van der Waals surface area contributed by atoms with Crippen LogP contribution in [0.3, 0.4) is 0 Å². The highest BCUT2D eigenvalue weighted by Gasteiger charge is 2.28. The summed E-state index contributed by atoms with van der Waals surface area (Å²) >= 11 is 1.81. The molecule has 2 rings (SSSR count). The molecule has 0 aliphatic carbocycles. The van der Waals surface area contributed by atoms with Crippen molar-refractivity contribution in [3.63, 3.8) is 0 Å². The van der Waals surface area contributed by atoms with Crippen molar-refractivity contribution in [2.75, 3.05) is 24.6 Å². The molecule has 1 fully saturated rings. The third-order valence-electron chi connectivity index (χ3n) is 3.53. The largest absolute Gasteiger partial charge is 0.459 e. The van der Waals surface area contributed by atoms with Gasteiger partial charge in [0.05, 0.1) is 0 Å². The van der Waals surface area contributed by atoms with Crippen LogP contribution in [-0.4, -0.2) is 53.2 Å². The SMILES string of the molecule is CC(C)(C)OC(=O)[C@H](Cc1ccccc1)NOC(=O)N1CCSCC1. The third kappa shape index (κ3) is 6.96. The Balaban J connectivity index is 1.97. The van der Waals surface area contributed by atoms with E-state index >= 15 is 0 Å². The van der Waals surface area contributed by atoms with Crippen molar-refractivity contribution in [1.82, 2.24) is 10.4 Å². The number of rotatable bonds is 5. The van der Waals surface area contributed by atoms with Crippen LogP contribution in [-0.2, 0) is 20.8 Å². The van der Waals surface area contributed by atoms with Crippen LogP contribution in [0.4, 0.5) is 4.79 Å². The number of nitrogens with zero attached hydrogens (tertiary/aromatic N) is 1. The number of thioether (sulfide) groups is 1. The molecule has 25 heavy (non-hydrogen) atoms. The number of carbonyl (C=O) groups is 2. The lowest BCUT2D eigenvalue weighted by Gasteiger charge is -2.27. The first-order chi connectivity index (χ1) is 11.8. The van der Waals surface area contributed by atoms with Gasteiger partial charge in [-0.1, -0.05) is 30.3 Å². The van der Waals surface area contributed by atoms with Crippen LogP contribution < -0.4 is 5.48 Å². The van der Waals surface area contributed by atoms with Crippen LogP contribution >= 0.6 is 11.8 Å². The molecular formula is C18H26N2O4S. The van der Waals surface area contributed by atoms with E-state index in [-0.39, 0.29) is 0 Å². The van der Waals surface area contributed by atoms with Gasteiger partial charge in [0.1, 0.15) is 11.6 Å². The molecule has 1 saturated heterocycles. The Bertz CT molecular complexity index is 568. The summed E-state index contributed by atoms with van der Waals surface area (Å²) in [5.74, 6) is 1.35. The second-order valence-electron chi connectivity index (χ2n) is 6.86. The topological polar surface area (TPSA) is 67.9 Å². The fourth-order valence-electron chi connectivity index (χ4n) is 2.33. The number of amides is 1. The summed E-state index contributed by atoms with van der Waals surface area (Å²) in [7, 11) is 0. The van der Waals surface area contributed by atoms with E-state index in [4.69, 9.17) is 9.57 Å². The quantitative estimate of drug-likeness (QED) is 0.638. The Kier molecular flexibility index (Phi) is 7.13. The van der Waals surface area contributed by atoms with Gasteiger partial charge in [0.15, 0.2) is 0 Å². The Morgan fingerprint density at radius 3 is 2.44 bits per heavy atom. The minimum Gasteiger partial charge on any atom is -0.459 e. The summed E-state index contributed by atoms with van der Waals surface area (Å²) < 4.78 is 5.44. The summed E-state index contributed by atoms with van der Waals surface area (Å²) in [5, 5.41) is 0. The van der Waals surface area contributed by atoms with E-state index in [1.165, 1.54) is 0 Å². The zero-order valence-electron chi connectivity index (χ0n) is 15.0. The molecule has 6 nitrogen and oxygen atoms in total. The second-order valence-corrected chi connectivity index (χ2v) is 8.09. The number of hydroxylamine groups is 1. The van der Waals surface area contributed by atoms with Crippen molar-refractivity contribution in [2.24, 2.45) is 0 Å². The van der Waals surface area contributed by atoms with Gasteiger partial charge < -0.3 is 14.5 Å². The van der Waals surface area contributed by atoms with Crippen LogP contribution in [0.15, 0.2) is 30.3 Å². The van der Waals surface area contributed by atoms with Gasteiger partial charge >= 0.3 is 12.1 Å². The lowest BCUT2D eigenvalue weighted by atomic mass is 10.1. The molecule has 0 unspecified atom stereocenters. The zero-order chi connectivity index (χ0) is 18.3. The van der Waals surface area contributed by atoms with Gasteiger partial charge in [-0.05, 0) is 26.3 Å². The average Bonchev–Trinajstić information content (AvgIpc) is 2.58. The monoisotopic (exact) mass is 366 g/mol. The Hall–Kier alpha value is -1.73. The summed E-state index contributed by atoms with van der Waals surface area (Å²) in [5.41, 5.74) is 2.96. The minimum atomic E-state index is -0.759. The molecular weight excluding hydrogens is 340 g/mol. The molecule has 1 aliphatic rings. The van der Waals surface area contributed by atoms with Crippen molar-refractivity contribution in [3.05, 3.63) is 35.9 Å². The lowest BCUT2D eigenvalue weighted by Crippen LogP contribution is -2.47. The number of nitrogens with one attached hydrogen (secondary N) is 1. The van der Waals surface area contributed by atoms with Gasteiger partial charge in [-0.15, -0.1) is 5.48 Å². The van der Waals surface area contributed by atoms with Gasteiger partial charge in [0.2, 0.25) is 0 Å². The van der Waals surface area contributed by atoms with Gasteiger partial charge in [-0.3, -0.25) is 4.79 Å². The Morgan fingerprint density at radius 2 is 1.84 bits per heavy atom. The van der Waals surface area contributed by atoms with Crippen LogP contribution in [0.5, 0.6) is 0 Å². The Morgan fingerprint density at radius 1 is 1.20 bits per heavy atom. The molecule has 1 aliphatic heterocycles. The lowest BCUT2D eigenvalue weighted by molar-refractivity contribution is -0.160. The highest BCUT2D eigenvalue weighted by Crippen LogP contribution is 2.13. The van der Waals surface area contributed by atoms with Crippen LogP contribution in [0.25, 0.3) is 0 Å². The van der Waals surface area contributed by atoms with Gasteiger partial charge in [0, 0.05) is 31.0 Å². The third-order valence-corrected chi connectivity index (χ3v) is 4.47. The highest BCUT2D eigenvalue weighted by atomic mass is 32.2. The summed E-state index contributed by atoms with van der Waals surface area (Å²) in [6, 6.07) is 8.79. The molecule has 0 aromatic heterocycles. The van der Waals surface area contributed by atoms with Gasteiger partial charge in [0.25, 0.3) is 0 Å². The van der Waals surface area contributed by atoms with Crippen molar-refractivity contribution in [3.8, 4) is 0 Å². The minimum absolute atomic E-state index is 0.374. The molecule has 7 heteroatoms. The molecule has 0 spiro atoms. The highest BCUT2D eigenvalue weighted by molar-refractivity contribution is 7.99. The molecule has 1 aromatic rings. The van der Waals surface area contributed by atoms with E-state index in [0.29, 0.717) is 19.5 Å². The van der Waals surface area contributed by atoms with Crippen LogP contribution in [0.1, 0.15) is 26.3 Å². The van der Waals surface area contributed by atoms with Gasteiger partial charge in [-0.2, -0.15) is 11.8 Å². The van der Waals surface area contributed by atoms with E-state index in [9.17, 15) is 9.59 Å². The summed E-state index contributed by atoms with van der Waals surface area (Å²) in [6.45, 7) is 6.73. The van der Waals surface area contributed by atoms with Crippen molar-refractivity contribution >= 4 is 23.8 Å². The van der Waals surface area contributed by atoms with E-state index in [0.717, 1.165) is 17.1 Å². The maximum absolute atomic E-state index is 12.5. The maximum Gasteiger partial charge on any atom is 0.428 e. The van der Waals surface area contributed by atoms with Crippen LogP contribution in [0.2, 0.25) is 0 Å². The Labute approximate surface area is 153 Å². The summed E-state index contributed by atoms with van der Waals surface area (Å²) in [6.07, 6.45) is -0.0827. The second kappa shape index (κ2) is 9.10. The molecule has 0 bridgehead atoms. The fourth-order valence-corrected chi connectivity index (χ4v) is 3.23. The first-order valence-electron chi connectivity index (χ1n) is 8.41. The van der Waals surface area contributed by atoms with Crippen molar-refractivity contribution < 1.29 is 19.2 Å². The number of esters is 1. The van der Waals surface area contributed by atoms with E-state index in [2.05, 4.69) is 5.48 Å². The average molecular weight is 366 g/mol. The van der Waals surface area contributed by atoms with Crippen molar-refractivity contribution in [2.45, 2.75) is 38.8 Å². The van der Waals surface area contributed by atoms with E-state index in [1.54, 1.807) is 4.90 Å². The predicted molar refractivity (Wildman–Crippen MR) is 98.3 cm³/mol. The standard InChI is InChI=1S/C18H26N2O4S/c1-18(2,3)23-16(21)15(13-14-7-5-4-6-8-14)19-24-17(22)20-9-11-25-12-10-20/h4-8,15,19H,9-13H2,1-3H3/t15-/m0/s1. The molecule has 0 radical (unpaired) electrons. The predicted octanol–water partition coefficient (Wildman–Crippen LogP) is 2.63. The molecule has 1 aromatic carbocycles. The molecule has 1 atom stereocenters. The van der Waals surface area contributed by atoms with Crippen molar-refractivity contribution in [1.29, 1.82) is 0 Å². The smallest absolute Gasteiger partial charge is 0.428 e. The number of hydrogen-bond acceptors (Lipinski definition) is 6. The number of benzene rings is 1. The van der Waals surface area contributed by atoms with E-state index < -0.39 is 23.7 Å². The first-order valence-corrected chi connectivity index (χ1v) is 9.56. The molecule has 1 heterocycles. The summed E-state index contributed by atoms with van der Waals surface area (Å²) in [4.78, 5) is 31.4. The zero-order valence-corrected chi connectivity index (χ0v) is 15.8. The van der Waals surface area contributed by atoms with Gasteiger partial charge in [-0.25, -0.2) is 4.79 Å². The van der Waals surface area contributed by atoms with E-state index in [1.807, 2.05) is 62.9 Å². The molecule has 1 amide bonds. The molecule has 138 valence electrons. The normalized spacial score (nSPS) is 16.2. The molecule has 0 saturated carbocycles. The molecule has 1 N–H and O–H groups in total. The maximum atomic E-state index is 12.5. The fraction of sp³-hybridized carbons (Fsp3) is 0.556. The first kappa shape index (κ1) is 19.6.